The molecule has 1 aromatic rings. The van der Waals surface area contributed by atoms with Crippen molar-refractivity contribution in [1.29, 1.82) is 0 Å². The van der Waals surface area contributed by atoms with E-state index in [-0.39, 0.29) is 16.2 Å². The van der Waals surface area contributed by atoms with Gasteiger partial charge in [0.1, 0.15) is 0 Å². The van der Waals surface area contributed by atoms with E-state index in [9.17, 15) is 4.79 Å². The molecule has 0 aromatic heterocycles. The summed E-state index contributed by atoms with van der Waals surface area (Å²) in [6, 6.07) is 11.4. The molecule has 2 unspecified atom stereocenters. The van der Waals surface area contributed by atoms with E-state index in [0.29, 0.717) is 17.9 Å². The van der Waals surface area contributed by atoms with E-state index in [1.807, 2.05) is 0 Å². The highest BCUT2D eigenvalue weighted by Crippen LogP contribution is 2.76. The summed E-state index contributed by atoms with van der Waals surface area (Å²) >= 11 is 0. The summed E-state index contributed by atoms with van der Waals surface area (Å²) < 4.78 is 6.06. The Balaban J connectivity index is 1.49. The number of hydrogen-bond donors (Lipinski definition) is 1. The zero-order valence-electron chi connectivity index (χ0n) is 17.3. The van der Waals surface area contributed by atoms with E-state index in [2.05, 4.69) is 42.6 Å². The van der Waals surface area contributed by atoms with Crippen molar-refractivity contribution in [2.75, 3.05) is 13.2 Å². The summed E-state index contributed by atoms with van der Waals surface area (Å²) in [4.78, 5) is 13.9. The molecule has 5 aliphatic rings. The third-order valence-corrected chi connectivity index (χ3v) is 8.67. The van der Waals surface area contributed by atoms with Gasteiger partial charge in [-0.3, -0.25) is 4.79 Å². The molecule has 4 atom stereocenters. The second kappa shape index (κ2) is 6.86. The standard InChI is InChI=1S/C25H35NO2/c1-2-28-18-24-14-19-13-23(16-24,20-9-5-3-6-10-20)17-25(24,15-19)22(27)26-21-11-7-4-8-12-21/h3,5-6,9-10,19,21H,2,4,7-8,11-18H2,1H3,(H,26,27)/t19?,23-,24-,25?/m1/s1. The van der Waals surface area contributed by atoms with Crippen molar-refractivity contribution < 1.29 is 9.53 Å². The Hall–Kier alpha value is -1.35. The first kappa shape index (κ1) is 18.7. The maximum absolute atomic E-state index is 13.9. The van der Waals surface area contributed by atoms with Crippen LogP contribution in [0.25, 0.3) is 0 Å². The van der Waals surface area contributed by atoms with Crippen LogP contribution in [0.2, 0.25) is 0 Å². The topological polar surface area (TPSA) is 38.3 Å². The van der Waals surface area contributed by atoms with Gasteiger partial charge in [-0.1, -0.05) is 49.6 Å². The Morgan fingerprint density at radius 2 is 1.86 bits per heavy atom. The third-order valence-electron chi connectivity index (χ3n) is 8.67. The molecule has 152 valence electrons. The number of rotatable bonds is 6. The van der Waals surface area contributed by atoms with Gasteiger partial charge in [-0.05, 0) is 68.8 Å². The lowest BCUT2D eigenvalue weighted by atomic mass is 9.63. The number of hydrogen-bond acceptors (Lipinski definition) is 2. The molecule has 5 saturated carbocycles. The van der Waals surface area contributed by atoms with Crippen LogP contribution in [-0.4, -0.2) is 25.2 Å². The van der Waals surface area contributed by atoms with Crippen LogP contribution in [0.15, 0.2) is 30.3 Å². The summed E-state index contributed by atoms with van der Waals surface area (Å²) in [6.45, 7) is 3.58. The van der Waals surface area contributed by atoms with Crippen LogP contribution in [0.4, 0.5) is 0 Å². The fourth-order valence-corrected chi connectivity index (χ4v) is 7.80. The summed E-state index contributed by atoms with van der Waals surface area (Å²) in [5.74, 6) is 1.03. The van der Waals surface area contributed by atoms with Crippen molar-refractivity contribution in [2.24, 2.45) is 16.7 Å². The Morgan fingerprint density at radius 1 is 1.07 bits per heavy atom. The van der Waals surface area contributed by atoms with E-state index in [0.717, 1.165) is 45.3 Å². The van der Waals surface area contributed by atoms with E-state index in [1.165, 1.54) is 37.7 Å². The second-order valence-corrected chi connectivity index (χ2v) is 10.3. The molecule has 0 saturated heterocycles. The molecule has 6 rings (SSSR count). The molecule has 5 fully saturated rings. The molecule has 3 heteroatoms. The largest absolute Gasteiger partial charge is 0.381 e. The van der Waals surface area contributed by atoms with Gasteiger partial charge in [-0.15, -0.1) is 0 Å². The molecule has 0 aliphatic heterocycles. The quantitative estimate of drug-likeness (QED) is 0.754. The molecule has 4 bridgehead atoms. The Kier molecular flexibility index (Phi) is 4.58. The first-order valence-electron chi connectivity index (χ1n) is 11.6. The summed E-state index contributed by atoms with van der Waals surface area (Å²) in [7, 11) is 0. The number of carbonyl (C=O) groups is 1. The average molecular weight is 382 g/mol. The molecular formula is C25H35NO2. The van der Waals surface area contributed by atoms with Gasteiger partial charge in [-0.2, -0.15) is 0 Å². The van der Waals surface area contributed by atoms with E-state index < -0.39 is 0 Å². The first-order chi connectivity index (χ1) is 13.6. The highest BCUT2D eigenvalue weighted by molar-refractivity contribution is 5.86. The first-order valence-corrected chi connectivity index (χ1v) is 11.6. The molecule has 0 radical (unpaired) electrons. The Labute approximate surface area is 169 Å². The molecule has 1 N–H and O–H groups in total. The Bertz CT molecular complexity index is 727. The van der Waals surface area contributed by atoms with E-state index in [1.54, 1.807) is 0 Å². The van der Waals surface area contributed by atoms with Crippen LogP contribution in [0.1, 0.15) is 76.7 Å². The van der Waals surface area contributed by atoms with Crippen LogP contribution < -0.4 is 5.32 Å². The smallest absolute Gasteiger partial charge is 0.227 e. The van der Waals surface area contributed by atoms with Crippen molar-refractivity contribution in [3.8, 4) is 0 Å². The van der Waals surface area contributed by atoms with Crippen molar-refractivity contribution in [3.05, 3.63) is 35.9 Å². The second-order valence-electron chi connectivity index (χ2n) is 10.3. The zero-order chi connectivity index (χ0) is 19.2. The van der Waals surface area contributed by atoms with Gasteiger partial charge in [0.05, 0.1) is 12.0 Å². The maximum Gasteiger partial charge on any atom is 0.227 e. The minimum Gasteiger partial charge on any atom is -0.381 e. The van der Waals surface area contributed by atoms with E-state index >= 15 is 0 Å². The van der Waals surface area contributed by atoms with Gasteiger partial charge in [0.2, 0.25) is 5.91 Å². The van der Waals surface area contributed by atoms with Gasteiger partial charge in [0, 0.05) is 18.1 Å². The maximum atomic E-state index is 13.9. The van der Waals surface area contributed by atoms with Crippen molar-refractivity contribution >= 4 is 5.91 Å². The van der Waals surface area contributed by atoms with Crippen molar-refractivity contribution in [2.45, 2.75) is 82.6 Å². The highest BCUT2D eigenvalue weighted by atomic mass is 16.5. The lowest BCUT2D eigenvalue weighted by Gasteiger charge is -2.41. The molecule has 5 aliphatic carbocycles. The number of carbonyl (C=O) groups excluding carboxylic acids is 1. The molecular weight excluding hydrogens is 346 g/mol. The number of amides is 1. The van der Waals surface area contributed by atoms with Crippen LogP contribution in [0.3, 0.4) is 0 Å². The van der Waals surface area contributed by atoms with Crippen molar-refractivity contribution in [1.82, 2.24) is 5.32 Å². The molecule has 0 spiro atoms. The lowest BCUT2D eigenvalue weighted by Crippen LogP contribution is -2.51. The number of ether oxygens (including phenoxy) is 1. The highest BCUT2D eigenvalue weighted by Gasteiger charge is 2.74. The summed E-state index contributed by atoms with van der Waals surface area (Å²) in [6.07, 6.45) is 11.8. The fraction of sp³-hybridized carbons (Fsp3) is 0.720. The average Bonchev–Trinajstić information content (AvgIpc) is 3.07. The molecule has 0 heterocycles. The van der Waals surface area contributed by atoms with Gasteiger partial charge >= 0.3 is 0 Å². The normalized spacial score (nSPS) is 39.4. The Morgan fingerprint density at radius 3 is 2.61 bits per heavy atom. The number of nitrogens with one attached hydrogen (secondary N) is 1. The number of benzene rings is 1. The SMILES string of the molecule is CCOC[C@]12CC3CC1(C(=O)NC1CCCCC1)C[C@@](c1ccccc1)(C3)C2. The van der Waals surface area contributed by atoms with Gasteiger partial charge in [0.25, 0.3) is 0 Å². The monoisotopic (exact) mass is 381 g/mol. The molecule has 28 heavy (non-hydrogen) atoms. The van der Waals surface area contributed by atoms with Gasteiger partial charge in [0.15, 0.2) is 0 Å². The zero-order valence-corrected chi connectivity index (χ0v) is 17.3. The summed E-state index contributed by atoms with van der Waals surface area (Å²) in [5.41, 5.74) is 1.43. The predicted molar refractivity (Wildman–Crippen MR) is 111 cm³/mol. The minimum atomic E-state index is -0.224. The fourth-order valence-electron chi connectivity index (χ4n) is 7.80. The lowest BCUT2D eigenvalue weighted by molar-refractivity contribution is -0.140. The van der Waals surface area contributed by atoms with Crippen molar-refractivity contribution in [3.63, 3.8) is 0 Å². The molecule has 1 aromatic carbocycles. The van der Waals surface area contributed by atoms with E-state index in [4.69, 9.17) is 4.74 Å². The molecule has 1 amide bonds. The van der Waals surface area contributed by atoms with Crippen LogP contribution in [-0.2, 0) is 14.9 Å². The molecule has 3 nitrogen and oxygen atoms in total. The van der Waals surface area contributed by atoms with Gasteiger partial charge in [-0.25, -0.2) is 0 Å². The summed E-state index contributed by atoms with van der Waals surface area (Å²) in [5, 5.41) is 3.54. The van der Waals surface area contributed by atoms with Crippen LogP contribution >= 0.6 is 0 Å². The third kappa shape index (κ3) is 2.69. The predicted octanol–water partition coefficient (Wildman–Crippen LogP) is 4.99. The van der Waals surface area contributed by atoms with Gasteiger partial charge < -0.3 is 10.1 Å². The van der Waals surface area contributed by atoms with Crippen LogP contribution in [0.5, 0.6) is 0 Å². The minimum absolute atomic E-state index is 0.0283. The van der Waals surface area contributed by atoms with Crippen LogP contribution in [0, 0.1) is 16.7 Å².